The van der Waals surface area contributed by atoms with Crippen molar-refractivity contribution >= 4 is 35.6 Å². The summed E-state index contributed by atoms with van der Waals surface area (Å²) < 4.78 is 5.44. The minimum absolute atomic E-state index is 0. The number of morpholine rings is 1. The highest BCUT2D eigenvalue weighted by molar-refractivity contribution is 14.0. The Morgan fingerprint density at radius 1 is 0.788 bits per heavy atom. The minimum Gasteiger partial charge on any atom is -0.378 e. The number of nitrogens with one attached hydrogen (secondary N) is 2. The van der Waals surface area contributed by atoms with Gasteiger partial charge in [0.1, 0.15) is 0 Å². The zero-order chi connectivity index (χ0) is 22.0. The van der Waals surface area contributed by atoms with Crippen molar-refractivity contribution in [2.24, 2.45) is 4.99 Å². The monoisotopic (exact) mass is 563 g/mol. The normalized spacial score (nSPS) is 17.4. The molecule has 33 heavy (non-hydrogen) atoms. The van der Waals surface area contributed by atoms with Crippen LogP contribution in [0.1, 0.15) is 36.0 Å². The molecule has 2 saturated heterocycles. The number of aliphatic imine (C=N–C) groups is 1. The van der Waals surface area contributed by atoms with Crippen molar-refractivity contribution in [2.75, 3.05) is 51.3 Å². The molecular weight excluding hydrogens is 525 g/mol. The molecule has 180 valence electrons. The van der Waals surface area contributed by atoms with Crippen molar-refractivity contribution in [3.63, 3.8) is 0 Å². The van der Waals surface area contributed by atoms with Crippen LogP contribution < -0.4 is 15.5 Å². The van der Waals surface area contributed by atoms with Gasteiger partial charge in [0.25, 0.3) is 0 Å². The number of rotatable bonds is 7. The molecule has 0 spiro atoms. The van der Waals surface area contributed by atoms with Crippen molar-refractivity contribution in [1.29, 1.82) is 0 Å². The van der Waals surface area contributed by atoms with Crippen LogP contribution in [0.2, 0.25) is 0 Å². The summed E-state index contributed by atoms with van der Waals surface area (Å²) in [5.74, 6) is 0.819. The SMILES string of the molecule is CN=C(NCc1ccc(CN2CCCCC2)cc1)NCc1ccc(N2CCOCC2)cc1.I. The second kappa shape index (κ2) is 13.8. The van der Waals surface area contributed by atoms with E-state index in [-0.39, 0.29) is 24.0 Å². The first-order valence-corrected chi connectivity index (χ1v) is 12.0. The van der Waals surface area contributed by atoms with Crippen LogP contribution in [-0.2, 0) is 24.4 Å². The van der Waals surface area contributed by atoms with Gasteiger partial charge in [-0.05, 0) is 54.8 Å². The Bertz CT molecular complexity index is 844. The Balaban J connectivity index is 0.00000306. The van der Waals surface area contributed by atoms with Crippen LogP contribution >= 0.6 is 24.0 Å². The first-order chi connectivity index (χ1) is 15.8. The molecule has 2 aliphatic heterocycles. The van der Waals surface area contributed by atoms with E-state index in [0.29, 0.717) is 0 Å². The number of halogens is 1. The lowest BCUT2D eigenvalue weighted by atomic mass is 10.1. The number of piperidine rings is 1. The van der Waals surface area contributed by atoms with Crippen molar-refractivity contribution in [3.05, 3.63) is 65.2 Å². The van der Waals surface area contributed by atoms with Gasteiger partial charge in [0, 0.05) is 45.5 Å². The smallest absolute Gasteiger partial charge is 0.191 e. The summed E-state index contributed by atoms with van der Waals surface area (Å²) in [4.78, 5) is 9.31. The van der Waals surface area contributed by atoms with Crippen LogP contribution in [0.15, 0.2) is 53.5 Å². The average Bonchev–Trinajstić information content (AvgIpc) is 2.86. The molecule has 2 fully saturated rings. The lowest BCUT2D eigenvalue weighted by molar-refractivity contribution is 0.122. The molecule has 2 aromatic rings. The second-order valence-electron chi connectivity index (χ2n) is 8.70. The van der Waals surface area contributed by atoms with Crippen LogP contribution in [0.4, 0.5) is 5.69 Å². The molecule has 7 heteroatoms. The number of benzene rings is 2. The third kappa shape index (κ3) is 8.15. The number of ether oxygens (including phenoxy) is 1. The molecule has 0 amide bonds. The van der Waals surface area contributed by atoms with E-state index in [4.69, 9.17) is 4.74 Å². The zero-order valence-electron chi connectivity index (χ0n) is 19.8. The standard InChI is InChI=1S/C26H37N5O.HI/c1-27-26(29-20-23-9-11-25(12-10-23)31-15-17-32-18-16-31)28-19-22-5-7-24(8-6-22)21-30-13-3-2-4-14-30;/h5-12H,2-4,13-21H2,1H3,(H2,27,28,29);1H. The molecule has 2 N–H and O–H groups in total. The molecule has 0 aromatic heterocycles. The number of guanidine groups is 1. The van der Waals surface area contributed by atoms with Gasteiger partial charge in [-0.1, -0.05) is 42.8 Å². The maximum Gasteiger partial charge on any atom is 0.191 e. The number of hydrogen-bond acceptors (Lipinski definition) is 4. The van der Waals surface area contributed by atoms with Gasteiger partial charge in [-0.25, -0.2) is 0 Å². The second-order valence-corrected chi connectivity index (χ2v) is 8.70. The third-order valence-electron chi connectivity index (χ3n) is 6.33. The van der Waals surface area contributed by atoms with Crippen LogP contribution in [-0.4, -0.2) is 57.3 Å². The first-order valence-electron chi connectivity index (χ1n) is 12.0. The fourth-order valence-electron chi connectivity index (χ4n) is 4.38. The molecule has 0 atom stereocenters. The largest absolute Gasteiger partial charge is 0.378 e. The summed E-state index contributed by atoms with van der Waals surface area (Å²) in [5.41, 5.74) is 5.18. The summed E-state index contributed by atoms with van der Waals surface area (Å²) in [6.45, 7) is 8.61. The van der Waals surface area contributed by atoms with Crippen molar-refractivity contribution in [1.82, 2.24) is 15.5 Å². The topological polar surface area (TPSA) is 52.1 Å². The van der Waals surface area contributed by atoms with Gasteiger partial charge >= 0.3 is 0 Å². The number of likely N-dealkylation sites (tertiary alicyclic amines) is 1. The molecule has 0 saturated carbocycles. The lowest BCUT2D eigenvalue weighted by Gasteiger charge is -2.28. The number of nitrogens with zero attached hydrogens (tertiary/aromatic N) is 3. The number of anilines is 1. The van der Waals surface area contributed by atoms with E-state index in [1.807, 2.05) is 7.05 Å². The van der Waals surface area contributed by atoms with E-state index >= 15 is 0 Å². The summed E-state index contributed by atoms with van der Waals surface area (Å²) >= 11 is 0. The molecule has 4 rings (SSSR count). The van der Waals surface area contributed by atoms with Gasteiger partial charge in [-0.2, -0.15) is 0 Å². The van der Waals surface area contributed by atoms with Gasteiger partial charge in [0.2, 0.25) is 0 Å². The van der Waals surface area contributed by atoms with E-state index in [1.165, 1.54) is 54.7 Å². The molecule has 0 unspecified atom stereocenters. The average molecular weight is 564 g/mol. The fourth-order valence-corrected chi connectivity index (χ4v) is 4.38. The van der Waals surface area contributed by atoms with E-state index in [2.05, 4.69) is 74.0 Å². The Morgan fingerprint density at radius 3 is 1.91 bits per heavy atom. The fraction of sp³-hybridized carbons (Fsp3) is 0.500. The minimum atomic E-state index is 0. The van der Waals surface area contributed by atoms with E-state index in [9.17, 15) is 0 Å². The number of hydrogen-bond donors (Lipinski definition) is 2. The molecule has 2 heterocycles. The van der Waals surface area contributed by atoms with Crippen molar-refractivity contribution in [2.45, 2.75) is 38.9 Å². The van der Waals surface area contributed by atoms with Crippen LogP contribution in [0.25, 0.3) is 0 Å². The zero-order valence-corrected chi connectivity index (χ0v) is 22.1. The highest BCUT2D eigenvalue weighted by Gasteiger charge is 2.11. The first kappa shape index (κ1) is 25.8. The predicted octanol–water partition coefficient (Wildman–Crippen LogP) is 3.99. The Kier molecular flexibility index (Phi) is 10.8. The van der Waals surface area contributed by atoms with E-state index in [0.717, 1.165) is 51.9 Å². The summed E-state index contributed by atoms with van der Waals surface area (Å²) in [5, 5.41) is 6.85. The molecule has 2 aromatic carbocycles. The molecule has 0 bridgehead atoms. The Hall–Kier alpha value is -1.84. The maximum absolute atomic E-state index is 5.44. The van der Waals surface area contributed by atoms with Crippen LogP contribution in [0.5, 0.6) is 0 Å². The van der Waals surface area contributed by atoms with Crippen molar-refractivity contribution in [3.8, 4) is 0 Å². The quantitative estimate of drug-likeness (QED) is 0.303. The predicted molar refractivity (Wildman–Crippen MR) is 147 cm³/mol. The molecular formula is C26H38IN5O. The highest BCUT2D eigenvalue weighted by Crippen LogP contribution is 2.17. The maximum atomic E-state index is 5.44. The lowest BCUT2D eigenvalue weighted by Crippen LogP contribution is -2.36. The third-order valence-corrected chi connectivity index (χ3v) is 6.33. The van der Waals surface area contributed by atoms with Gasteiger partial charge in [0.15, 0.2) is 5.96 Å². The summed E-state index contributed by atoms with van der Waals surface area (Å²) in [7, 11) is 1.82. The van der Waals surface area contributed by atoms with Gasteiger partial charge in [0.05, 0.1) is 13.2 Å². The Morgan fingerprint density at radius 2 is 1.33 bits per heavy atom. The molecule has 2 aliphatic rings. The van der Waals surface area contributed by atoms with Gasteiger partial charge in [-0.3, -0.25) is 9.89 Å². The van der Waals surface area contributed by atoms with Gasteiger partial charge < -0.3 is 20.3 Å². The molecule has 0 aliphatic carbocycles. The molecule has 0 radical (unpaired) electrons. The molecule has 6 nitrogen and oxygen atoms in total. The van der Waals surface area contributed by atoms with Crippen molar-refractivity contribution < 1.29 is 4.74 Å². The van der Waals surface area contributed by atoms with E-state index in [1.54, 1.807) is 0 Å². The Labute approximate surface area is 215 Å². The van der Waals surface area contributed by atoms with Gasteiger partial charge in [-0.15, -0.1) is 24.0 Å². The van der Waals surface area contributed by atoms with E-state index < -0.39 is 0 Å². The van der Waals surface area contributed by atoms with Crippen LogP contribution in [0, 0.1) is 0 Å². The summed E-state index contributed by atoms with van der Waals surface area (Å²) in [6, 6.07) is 17.7. The highest BCUT2D eigenvalue weighted by atomic mass is 127. The van der Waals surface area contributed by atoms with Crippen LogP contribution in [0.3, 0.4) is 0 Å². The summed E-state index contributed by atoms with van der Waals surface area (Å²) in [6.07, 6.45) is 4.06.